The highest BCUT2D eigenvalue weighted by Crippen LogP contribution is 2.39. The number of anilines is 1. The molecule has 2 aromatic rings. The van der Waals surface area contributed by atoms with Crippen molar-refractivity contribution in [1.82, 2.24) is 9.55 Å². The fourth-order valence-corrected chi connectivity index (χ4v) is 3.05. The van der Waals surface area contributed by atoms with Crippen molar-refractivity contribution in [1.29, 1.82) is 0 Å². The number of hydrogen-bond donors (Lipinski definition) is 0. The van der Waals surface area contributed by atoms with E-state index in [1.54, 1.807) is 11.6 Å². The topological polar surface area (TPSA) is 64.2 Å². The van der Waals surface area contributed by atoms with E-state index in [4.69, 9.17) is 11.6 Å². The summed E-state index contributed by atoms with van der Waals surface area (Å²) in [5.74, 6) is 0.482. The Labute approximate surface area is 127 Å². The Morgan fingerprint density at radius 3 is 2.76 bits per heavy atom. The molecule has 21 heavy (non-hydrogen) atoms. The molecule has 1 aromatic heterocycles. The first kappa shape index (κ1) is 13.9. The molecule has 0 amide bonds. The van der Waals surface area contributed by atoms with E-state index in [1.807, 2.05) is 24.3 Å². The van der Waals surface area contributed by atoms with Gasteiger partial charge >= 0.3 is 5.82 Å². The van der Waals surface area contributed by atoms with Crippen LogP contribution in [-0.4, -0.2) is 21.0 Å². The fraction of sp³-hybridized carbons (Fsp3) is 0.357. The van der Waals surface area contributed by atoms with Crippen LogP contribution < -0.4 is 4.90 Å². The van der Waals surface area contributed by atoms with Gasteiger partial charge in [0, 0.05) is 18.6 Å². The minimum Gasteiger partial charge on any atom is -0.358 e. The molecule has 7 heteroatoms. The lowest BCUT2D eigenvalue weighted by molar-refractivity contribution is -0.388. The number of aryl methyl sites for hydroxylation is 1. The third kappa shape index (κ3) is 2.47. The van der Waals surface area contributed by atoms with Crippen molar-refractivity contribution in [2.45, 2.75) is 18.9 Å². The van der Waals surface area contributed by atoms with Crippen molar-refractivity contribution < 1.29 is 4.92 Å². The average molecular weight is 307 g/mol. The van der Waals surface area contributed by atoms with Crippen LogP contribution in [0.1, 0.15) is 24.4 Å². The number of halogens is 1. The zero-order valence-electron chi connectivity index (χ0n) is 11.6. The van der Waals surface area contributed by atoms with Crippen LogP contribution in [0.4, 0.5) is 11.6 Å². The summed E-state index contributed by atoms with van der Waals surface area (Å²) in [7, 11) is 1.78. The zero-order chi connectivity index (χ0) is 15.0. The minimum absolute atomic E-state index is 0.0848. The Kier molecular flexibility index (Phi) is 3.55. The van der Waals surface area contributed by atoms with Gasteiger partial charge < -0.3 is 15.0 Å². The summed E-state index contributed by atoms with van der Waals surface area (Å²) in [6.45, 7) is 0.785. The molecule has 1 aliphatic heterocycles. The lowest BCUT2D eigenvalue weighted by Crippen LogP contribution is -2.25. The van der Waals surface area contributed by atoms with E-state index in [0.717, 1.165) is 24.9 Å². The van der Waals surface area contributed by atoms with E-state index in [9.17, 15) is 10.1 Å². The van der Waals surface area contributed by atoms with Crippen LogP contribution in [0.25, 0.3) is 0 Å². The summed E-state index contributed by atoms with van der Waals surface area (Å²) in [5, 5.41) is 11.9. The molecule has 0 spiro atoms. The van der Waals surface area contributed by atoms with Crippen LogP contribution >= 0.6 is 11.6 Å². The molecule has 1 unspecified atom stereocenters. The van der Waals surface area contributed by atoms with Crippen molar-refractivity contribution in [3.8, 4) is 0 Å². The molecule has 0 bridgehead atoms. The number of nitro groups is 1. The predicted octanol–water partition coefficient (Wildman–Crippen LogP) is 3.32. The van der Waals surface area contributed by atoms with E-state index in [-0.39, 0.29) is 11.9 Å². The first-order chi connectivity index (χ1) is 10.1. The largest absolute Gasteiger partial charge is 0.406 e. The third-order valence-corrected chi connectivity index (χ3v) is 4.09. The summed E-state index contributed by atoms with van der Waals surface area (Å²) in [6.07, 6.45) is 3.45. The molecule has 0 radical (unpaired) electrons. The maximum absolute atomic E-state index is 11.2. The van der Waals surface area contributed by atoms with Crippen LogP contribution in [0.2, 0.25) is 5.02 Å². The molecule has 1 atom stereocenters. The van der Waals surface area contributed by atoms with Gasteiger partial charge in [-0.3, -0.25) is 4.57 Å². The van der Waals surface area contributed by atoms with Crippen molar-refractivity contribution >= 4 is 23.2 Å². The van der Waals surface area contributed by atoms with Gasteiger partial charge in [-0.05, 0) is 40.4 Å². The Bertz CT molecular complexity index is 668. The van der Waals surface area contributed by atoms with Crippen LogP contribution in [0.15, 0.2) is 30.6 Å². The second kappa shape index (κ2) is 5.37. The van der Waals surface area contributed by atoms with Gasteiger partial charge in [0.15, 0.2) is 0 Å². The zero-order valence-corrected chi connectivity index (χ0v) is 12.3. The average Bonchev–Trinajstić information content (AvgIpc) is 3.05. The Balaban J connectivity index is 2.00. The van der Waals surface area contributed by atoms with Crippen molar-refractivity contribution in [3.05, 3.63) is 51.3 Å². The molecule has 110 valence electrons. The van der Waals surface area contributed by atoms with E-state index >= 15 is 0 Å². The second-order valence-electron chi connectivity index (χ2n) is 5.16. The van der Waals surface area contributed by atoms with Crippen molar-refractivity contribution in [2.75, 3.05) is 11.4 Å². The normalized spacial score (nSPS) is 18.2. The molecule has 3 rings (SSSR count). The first-order valence-corrected chi connectivity index (χ1v) is 7.13. The quantitative estimate of drug-likeness (QED) is 0.644. The van der Waals surface area contributed by atoms with Gasteiger partial charge in [-0.15, -0.1) is 0 Å². The lowest BCUT2D eigenvalue weighted by atomic mass is 10.0. The maximum Gasteiger partial charge on any atom is 0.406 e. The summed E-state index contributed by atoms with van der Waals surface area (Å²) in [5.41, 5.74) is 1.12. The number of benzene rings is 1. The molecule has 6 nitrogen and oxygen atoms in total. The van der Waals surface area contributed by atoms with Crippen LogP contribution in [0.5, 0.6) is 0 Å². The Morgan fingerprint density at radius 2 is 2.10 bits per heavy atom. The molecule has 1 fully saturated rings. The van der Waals surface area contributed by atoms with Crippen molar-refractivity contribution in [2.24, 2.45) is 7.05 Å². The van der Waals surface area contributed by atoms with Crippen LogP contribution in [0.3, 0.4) is 0 Å². The predicted molar refractivity (Wildman–Crippen MR) is 80.6 cm³/mol. The second-order valence-corrected chi connectivity index (χ2v) is 5.60. The van der Waals surface area contributed by atoms with Gasteiger partial charge in [-0.2, -0.15) is 0 Å². The molecule has 0 aliphatic carbocycles. The molecule has 2 heterocycles. The monoisotopic (exact) mass is 306 g/mol. The summed E-state index contributed by atoms with van der Waals surface area (Å²) < 4.78 is 1.71. The number of rotatable bonds is 3. The molecular formula is C14H15ClN4O2. The molecular weight excluding hydrogens is 292 g/mol. The highest BCUT2D eigenvalue weighted by atomic mass is 35.5. The van der Waals surface area contributed by atoms with Gasteiger partial charge in [0.2, 0.25) is 12.1 Å². The SMILES string of the molecule is Cn1cnc([N+](=O)[O-])c1N1CCCC1c1ccc(Cl)cc1. The maximum atomic E-state index is 11.2. The van der Waals surface area contributed by atoms with Gasteiger partial charge in [0.05, 0.1) is 6.04 Å². The molecule has 1 aliphatic rings. The van der Waals surface area contributed by atoms with E-state index in [1.165, 1.54) is 6.33 Å². The fourth-order valence-electron chi connectivity index (χ4n) is 2.92. The standard InChI is InChI=1S/C14H15ClN4O2/c1-17-9-16-13(19(20)21)14(17)18-8-2-3-12(18)10-4-6-11(15)7-5-10/h4-7,9,12H,2-3,8H2,1H3. The molecule has 0 N–H and O–H groups in total. The minimum atomic E-state index is -0.424. The number of nitrogens with zero attached hydrogens (tertiary/aromatic N) is 4. The smallest absolute Gasteiger partial charge is 0.358 e. The Hall–Kier alpha value is -2.08. The number of aromatic nitrogens is 2. The third-order valence-electron chi connectivity index (χ3n) is 3.84. The van der Waals surface area contributed by atoms with Gasteiger partial charge in [0.25, 0.3) is 0 Å². The lowest BCUT2D eigenvalue weighted by Gasteiger charge is -2.26. The number of hydrogen-bond acceptors (Lipinski definition) is 4. The van der Waals surface area contributed by atoms with Crippen molar-refractivity contribution in [3.63, 3.8) is 0 Å². The first-order valence-electron chi connectivity index (χ1n) is 6.75. The van der Waals surface area contributed by atoms with Crippen LogP contribution in [0, 0.1) is 10.1 Å². The van der Waals surface area contributed by atoms with E-state index in [0.29, 0.717) is 10.8 Å². The van der Waals surface area contributed by atoms with Gasteiger partial charge in [-0.25, -0.2) is 0 Å². The Morgan fingerprint density at radius 1 is 1.38 bits per heavy atom. The van der Waals surface area contributed by atoms with Gasteiger partial charge in [0.1, 0.15) is 0 Å². The summed E-state index contributed by atoms with van der Waals surface area (Å²) in [6, 6.07) is 7.79. The highest BCUT2D eigenvalue weighted by molar-refractivity contribution is 6.30. The van der Waals surface area contributed by atoms with Crippen LogP contribution in [-0.2, 0) is 7.05 Å². The highest BCUT2D eigenvalue weighted by Gasteiger charge is 2.34. The molecule has 1 aromatic carbocycles. The van der Waals surface area contributed by atoms with E-state index < -0.39 is 4.92 Å². The summed E-state index contributed by atoms with van der Waals surface area (Å²) in [4.78, 5) is 16.7. The molecule has 0 saturated carbocycles. The van der Waals surface area contributed by atoms with E-state index in [2.05, 4.69) is 9.88 Å². The molecule has 1 saturated heterocycles. The van der Waals surface area contributed by atoms with Gasteiger partial charge in [-0.1, -0.05) is 23.7 Å². The summed E-state index contributed by atoms with van der Waals surface area (Å²) >= 11 is 5.93. The number of imidazole rings is 1.